The van der Waals surface area contributed by atoms with Gasteiger partial charge in [-0.05, 0) is 31.0 Å². The molecule has 0 bridgehead atoms. The van der Waals surface area contributed by atoms with E-state index >= 15 is 0 Å². The van der Waals surface area contributed by atoms with Crippen LogP contribution in [0, 0.1) is 10.1 Å². The highest BCUT2D eigenvalue weighted by Gasteiger charge is 2.23. The van der Waals surface area contributed by atoms with E-state index in [2.05, 4.69) is 0 Å². The van der Waals surface area contributed by atoms with Crippen molar-refractivity contribution >= 4 is 33.4 Å². The predicted molar refractivity (Wildman–Crippen MR) is 112 cm³/mol. The maximum Gasteiger partial charge on any atom is 0.270 e. The first-order valence-electron chi connectivity index (χ1n) is 9.92. The summed E-state index contributed by atoms with van der Waals surface area (Å²) in [5.74, 6) is -0.0228. The molecule has 1 fully saturated rings. The molecular formula is C22H23N3O4. The van der Waals surface area contributed by atoms with Gasteiger partial charge in [0.2, 0.25) is 5.91 Å². The van der Waals surface area contributed by atoms with Crippen molar-refractivity contribution in [3.63, 3.8) is 0 Å². The molecule has 7 nitrogen and oxygen atoms in total. The fraction of sp³-hybridized carbons (Fsp3) is 0.364. The number of likely N-dealkylation sites (N-methyl/N-ethyl adjacent to an activating group) is 1. The van der Waals surface area contributed by atoms with Gasteiger partial charge in [0.15, 0.2) is 5.43 Å². The summed E-state index contributed by atoms with van der Waals surface area (Å²) in [6.45, 7) is 0.0854. The molecule has 1 heterocycles. The monoisotopic (exact) mass is 393 g/mol. The number of amides is 1. The Kier molecular flexibility index (Phi) is 5.05. The van der Waals surface area contributed by atoms with Gasteiger partial charge in [0, 0.05) is 30.6 Å². The minimum Gasteiger partial charge on any atom is -0.341 e. The quantitative estimate of drug-likeness (QED) is 0.383. The fourth-order valence-corrected chi connectivity index (χ4v) is 4.32. The number of aromatic nitrogens is 1. The van der Waals surface area contributed by atoms with E-state index in [0.29, 0.717) is 16.4 Å². The third-order valence-electron chi connectivity index (χ3n) is 5.98. The standard InChI is InChI=1S/C22H23N3O4/c1-23(15-7-3-2-4-8-15)21(26)14-24-19-10-6-5-9-17(19)22(27)18-13-16(25(28)29)11-12-20(18)24/h5-6,9-13,15H,2-4,7-8,14H2,1H3. The average molecular weight is 393 g/mol. The molecule has 1 aliphatic rings. The Morgan fingerprint density at radius 1 is 1.10 bits per heavy atom. The molecule has 29 heavy (non-hydrogen) atoms. The van der Waals surface area contributed by atoms with Crippen LogP contribution in [0.25, 0.3) is 21.8 Å². The molecule has 0 N–H and O–H groups in total. The number of nitro groups is 1. The van der Waals surface area contributed by atoms with E-state index in [4.69, 9.17) is 0 Å². The second-order valence-electron chi connectivity index (χ2n) is 7.69. The largest absolute Gasteiger partial charge is 0.341 e. The first kappa shape index (κ1) is 19.1. The second kappa shape index (κ2) is 7.66. The first-order valence-corrected chi connectivity index (χ1v) is 9.92. The number of fused-ring (bicyclic) bond motifs is 2. The van der Waals surface area contributed by atoms with Gasteiger partial charge in [-0.25, -0.2) is 0 Å². The van der Waals surface area contributed by atoms with Crippen LogP contribution >= 0.6 is 0 Å². The third-order valence-corrected chi connectivity index (χ3v) is 5.98. The Morgan fingerprint density at radius 2 is 1.79 bits per heavy atom. The maximum atomic E-state index is 13.1. The van der Waals surface area contributed by atoms with Gasteiger partial charge in [-0.15, -0.1) is 0 Å². The van der Waals surface area contributed by atoms with E-state index in [9.17, 15) is 19.7 Å². The Balaban J connectivity index is 1.83. The zero-order chi connectivity index (χ0) is 20.5. The summed E-state index contributed by atoms with van der Waals surface area (Å²) in [6.07, 6.45) is 5.51. The molecule has 4 rings (SSSR count). The lowest BCUT2D eigenvalue weighted by Crippen LogP contribution is -2.40. The Labute approximate surface area is 167 Å². The predicted octanol–water partition coefficient (Wildman–Crippen LogP) is 3.85. The van der Waals surface area contributed by atoms with Crippen LogP contribution in [0.1, 0.15) is 32.1 Å². The van der Waals surface area contributed by atoms with Gasteiger partial charge in [-0.2, -0.15) is 0 Å². The van der Waals surface area contributed by atoms with Crippen molar-refractivity contribution in [2.24, 2.45) is 0 Å². The van der Waals surface area contributed by atoms with Crippen LogP contribution in [0.4, 0.5) is 5.69 Å². The molecule has 1 amide bonds. The number of hydrogen-bond donors (Lipinski definition) is 0. The van der Waals surface area contributed by atoms with Gasteiger partial charge in [-0.3, -0.25) is 19.7 Å². The van der Waals surface area contributed by atoms with Crippen molar-refractivity contribution in [1.82, 2.24) is 9.47 Å². The number of rotatable bonds is 4. The van der Waals surface area contributed by atoms with Crippen molar-refractivity contribution in [2.45, 2.75) is 44.7 Å². The van der Waals surface area contributed by atoms with E-state index in [0.717, 1.165) is 25.7 Å². The van der Waals surface area contributed by atoms with Crippen LogP contribution in [0.2, 0.25) is 0 Å². The number of carbonyl (C=O) groups is 1. The summed E-state index contributed by atoms with van der Waals surface area (Å²) in [5.41, 5.74) is 0.791. The molecule has 1 aromatic heterocycles. The third kappa shape index (κ3) is 3.48. The Morgan fingerprint density at radius 3 is 2.52 bits per heavy atom. The van der Waals surface area contributed by atoms with Gasteiger partial charge >= 0.3 is 0 Å². The van der Waals surface area contributed by atoms with Crippen LogP contribution in [0.15, 0.2) is 47.3 Å². The van der Waals surface area contributed by atoms with Gasteiger partial charge < -0.3 is 9.47 Å². The SMILES string of the molecule is CN(C(=O)Cn1c2ccccc2c(=O)c2cc([N+](=O)[O-])ccc21)C1CCCCC1. The molecule has 2 aromatic carbocycles. The number of nitro benzene ring substituents is 1. The smallest absolute Gasteiger partial charge is 0.270 e. The minimum absolute atomic E-state index is 0.0228. The summed E-state index contributed by atoms with van der Waals surface area (Å²) in [5, 5.41) is 11.9. The molecule has 3 aromatic rings. The van der Waals surface area contributed by atoms with Crippen LogP contribution in [-0.2, 0) is 11.3 Å². The van der Waals surface area contributed by atoms with Crippen molar-refractivity contribution < 1.29 is 9.72 Å². The number of para-hydroxylation sites is 1. The van der Waals surface area contributed by atoms with Crippen molar-refractivity contribution in [3.8, 4) is 0 Å². The van der Waals surface area contributed by atoms with E-state index in [1.807, 2.05) is 24.1 Å². The summed E-state index contributed by atoms with van der Waals surface area (Å²) >= 11 is 0. The number of pyridine rings is 1. The minimum atomic E-state index is -0.513. The zero-order valence-corrected chi connectivity index (χ0v) is 16.3. The van der Waals surface area contributed by atoms with Gasteiger partial charge in [0.25, 0.3) is 5.69 Å². The normalized spacial score (nSPS) is 14.9. The van der Waals surface area contributed by atoms with Crippen LogP contribution in [-0.4, -0.2) is 33.4 Å². The number of carbonyl (C=O) groups excluding carboxylic acids is 1. The topological polar surface area (TPSA) is 85.5 Å². The maximum absolute atomic E-state index is 13.1. The summed E-state index contributed by atoms with van der Waals surface area (Å²) in [6, 6.07) is 11.6. The fourth-order valence-electron chi connectivity index (χ4n) is 4.32. The lowest BCUT2D eigenvalue weighted by Gasteiger charge is -2.31. The highest BCUT2D eigenvalue weighted by Crippen LogP contribution is 2.25. The van der Waals surface area contributed by atoms with Gasteiger partial charge in [-0.1, -0.05) is 31.4 Å². The van der Waals surface area contributed by atoms with Crippen molar-refractivity contribution in [2.75, 3.05) is 7.05 Å². The molecular weight excluding hydrogens is 370 g/mol. The number of benzene rings is 2. The molecule has 0 radical (unpaired) electrons. The number of hydrogen-bond acceptors (Lipinski definition) is 4. The van der Waals surface area contributed by atoms with E-state index < -0.39 is 4.92 Å². The molecule has 1 aliphatic carbocycles. The summed E-state index contributed by atoms with van der Waals surface area (Å²) < 4.78 is 1.80. The number of non-ortho nitro benzene ring substituents is 1. The van der Waals surface area contributed by atoms with E-state index in [1.54, 1.807) is 22.8 Å². The van der Waals surface area contributed by atoms with Gasteiger partial charge in [0.1, 0.15) is 6.54 Å². The summed E-state index contributed by atoms with van der Waals surface area (Å²) in [7, 11) is 1.84. The zero-order valence-electron chi connectivity index (χ0n) is 16.3. The van der Waals surface area contributed by atoms with Crippen molar-refractivity contribution in [3.05, 3.63) is 62.8 Å². The lowest BCUT2D eigenvalue weighted by atomic mass is 9.94. The molecule has 7 heteroatoms. The van der Waals surface area contributed by atoms with Crippen LogP contribution < -0.4 is 5.43 Å². The van der Waals surface area contributed by atoms with Gasteiger partial charge in [0.05, 0.1) is 21.3 Å². The molecule has 0 unspecified atom stereocenters. The summed E-state index contributed by atoms with van der Waals surface area (Å²) in [4.78, 5) is 38.5. The van der Waals surface area contributed by atoms with Crippen LogP contribution in [0.5, 0.6) is 0 Å². The molecule has 0 atom stereocenters. The van der Waals surface area contributed by atoms with E-state index in [1.165, 1.54) is 18.6 Å². The second-order valence-corrected chi connectivity index (χ2v) is 7.69. The van der Waals surface area contributed by atoms with E-state index in [-0.39, 0.29) is 35.0 Å². The Hall–Kier alpha value is -3.22. The highest BCUT2D eigenvalue weighted by molar-refractivity contribution is 5.95. The van der Waals surface area contributed by atoms with Crippen LogP contribution in [0.3, 0.4) is 0 Å². The molecule has 0 spiro atoms. The first-order chi connectivity index (χ1) is 14.0. The average Bonchev–Trinajstić information content (AvgIpc) is 2.76. The number of nitrogens with zero attached hydrogens (tertiary/aromatic N) is 3. The molecule has 150 valence electrons. The van der Waals surface area contributed by atoms with Crippen molar-refractivity contribution in [1.29, 1.82) is 0 Å². The molecule has 1 saturated carbocycles. The molecule has 0 aliphatic heterocycles. The highest BCUT2D eigenvalue weighted by atomic mass is 16.6. The lowest BCUT2D eigenvalue weighted by molar-refractivity contribution is -0.384. The molecule has 0 saturated heterocycles. The Bertz CT molecular complexity index is 1160.